The molecule has 0 saturated heterocycles. The van der Waals surface area contributed by atoms with Crippen molar-refractivity contribution in [2.75, 3.05) is 6.79 Å². The molecular weight excluding hydrogens is 280 g/mol. The minimum atomic E-state index is -0.509. The van der Waals surface area contributed by atoms with Crippen molar-refractivity contribution in [2.45, 2.75) is 25.9 Å². The number of benzene rings is 1. The lowest BCUT2D eigenvalue weighted by atomic mass is 10.0. The minimum Gasteiger partial charge on any atom is -0.454 e. The molecule has 0 unspecified atom stereocenters. The van der Waals surface area contributed by atoms with Gasteiger partial charge in [0.15, 0.2) is 11.5 Å². The summed E-state index contributed by atoms with van der Waals surface area (Å²) >= 11 is 6.15. The van der Waals surface area contributed by atoms with Crippen molar-refractivity contribution in [3.63, 3.8) is 0 Å². The molecule has 106 valence electrons. The lowest BCUT2D eigenvalue weighted by molar-refractivity contribution is 0.174. The number of aromatic nitrogens is 3. The van der Waals surface area contributed by atoms with Gasteiger partial charge in [-0.2, -0.15) is 0 Å². The lowest BCUT2D eigenvalue weighted by Crippen LogP contribution is -2.29. The molecule has 2 aromatic rings. The van der Waals surface area contributed by atoms with E-state index in [1.165, 1.54) is 0 Å². The van der Waals surface area contributed by atoms with Gasteiger partial charge in [-0.15, -0.1) is 5.10 Å². The van der Waals surface area contributed by atoms with Gasteiger partial charge in [-0.25, -0.2) is 4.68 Å². The highest BCUT2D eigenvalue weighted by Crippen LogP contribution is 2.39. The van der Waals surface area contributed by atoms with Gasteiger partial charge in [-0.1, -0.05) is 16.8 Å². The highest BCUT2D eigenvalue weighted by Gasteiger charge is 2.20. The van der Waals surface area contributed by atoms with Crippen LogP contribution in [0, 0.1) is 0 Å². The second-order valence-electron chi connectivity index (χ2n) is 5.33. The standard InChI is InChI=1S/C13H15ClN4O2/c1-13(2,15)11-6-18(17-16-11)5-8-3-9(14)12-10(4-8)19-7-20-12/h3-4,6H,5,7,15H2,1-2H3. The summed E-state index contributed by atoms with van der Waals surface area (Å²) in [6.45, 7) is 4.52. The molecule has 0 aliphatic carbocycles. The van der Waals surface area contributed by atoms with Crippen molar-refractivity contribution in [3.05, 3.63) is 34.6 Å². The molecule has 6 nitrogen and oxygen atoms in total. The fraction of sp³-hybridized carbons (Fsp3) is 0.385. The minimum absolute atomic E-state index is 0.202. The maximum atomic E-state index is 6.15. The number of hydrogen-bond acceptors (Lipinski definition) is 5. The number of nitrogens with zero attached hydrogens (tertiary/aromatic N) is 3. The van der Waals surface area contributed by atoms with Gasteiger partial charge in [0.05, 0.1) is 23.3 Å². The molecule has 1 aliphatic rings. The van der Waals surface area contributed by atoms with E-state index in [0.717, 1.165) is 11.3 Å². The fourth-order valence-electron chi connectivity index (χ4n) is 1.97. The summed E-state index contributed by atoms with van der Waals surface area (Å²) < 4.78 is 12.3. The Morgan fingerprint density at radius 1 is 1.40 bits per heavy atom. The Balaban J connectivity index is 1.85. The highest BCUT2D eigenvalue weighted by molar-refractivity contribution is 6.32. The zero-order chi connectivity index (χ0) is 14.3. The van der Waals surface area contributed by atoms with Crippen LogP contribution in [0.1, 0.15) is 25.1 Å². The smallest absolute Gasteiger partial charge is 0.231 e. The van der Waals surface area contributed by atoms with Crippen molar-refractivity contribution in [1.29, 1.82) is 0 Å². The summed E-state index contributed by atoms with van der Waals surface area (Å²) in [5, 5.41) is 8.69. The first-order chi connectivity index (χ1) is 9.43. The predicted molar refractivity (Wildman–Crippen MR) is 73.9 cm³/mol. The van der Waals surface area contributed by atoms with Crippen LogP contribution in [0.3, 0.4) is 0 Å². The summed E-state index contributed by atoms with van der Waals surface area (Å²) in [4.78, 5) is 0. The first kappa shape index (κ1) is 13.2. The Morgan fingerprint density at radius 2 is 2.20 bits per heavy atom. The molecular formula is C13H15ClN4O2. The maximum absolute atomic E-state index is 6.15. The molecule has 7 heteroatoms. The molecule has 1 aromatic carbocycles. The number of fused-ring (bicyclic) bond motifs is 1. The first-order valence-electron chi connectivity index (χ1n) is 6.21. The summed E-state index contributed by atoms with van der Waals surface area (Å²) in [7, 11) is 0. The Kier molecular flexibility index (Phi) is 3.07. The Morgan fingerprint density at radius 3 is 2.90 bits per heavy atom. The lowest BCUT2D eigenvalue weighted by Gasteiger charge is -2.13. The molecule has 2 N–H and O–H groups in total. The molecule has 1 aliphatic heterocycles. The normalized spacial score (nSPS) is 13.8. The van der Waals surface area contributed by atoms with Gasteiger partial charge in [0.25, 0.3) is 0 Å². The largest absolute Gasteiger partial charge is 0.454 e. The van der Waals surface area contributed by atoms with Crippen LogP contribution < -0.4 is 15.2 Å². The third kappa shape index (κ3) is 2.44. The third-order valence-electron chi connectivity index (χ3n) is 3.03. The van der Waals surface area contributed by atoms with Gasteiger partial charge in [0.1, 0.15) is 5.69 Å². The van der Waals surface area contributed by atoms with E-state index in [4.69, 9.17) is 26.8 Å². The van der Waals surface area contributed by atoms with E-state index in [1.54, 1.807) is 4.68 Å². The van der Waals surface area contributed by atoms with Crippen LogP contribution in [-0.4, -0.2) is 21.8 Å². The summed E-state index contributed by atoms with van der Waals surface area (Å²) in [6, 6.07) is 3.73. The molecule has 2 heterocycles. The van der Waals surface area contributed by atoms with Gasteiger partial charge in [0.2, 0.25) is 6.79 Å². The number of nitrogens with two attached hydrogens (primary N) is 1. The fourth-order valence-corrected chi connectivity index (χ4v) is 2.26. The van der Waals surface area contributed by atoms with Crippen LogP contribution in [0.5, 0.6) is 11.5 Å². The molecule has 0 bridgehead atoms. The van der Waals surface area contributed by atoms with Crippen molar-refractivity contribution in [1.82, 2.24) is 15.0 Å². The number of ether oxygens (including phenoxy) is 2. The molecule has 3 rings (SSSR count). The third-order valence-corrected chi connectivity index (χ3v) is 3.31. The average molecular weight is 295 g/mol. The average Bonchev–Trinajstić information content (AvgIpc) is 2.96. The monoisotopic (exact) mass is 294 g/mol. The zero-order valence-corrected chi connectivity index (χ0v) is 12.0. The Bertz CT molecular complexity index is 648. The second-order valence-corrected chi connectivity index (χ2v) is 5.74. The zero-order valence-electron chi connectivity index (χ0n) is 11.3. The molecule has 0 amide bonds. The molecule has 20 heavy (non-hydrogen) atoms. The summed E-state index contributed by atoms with van der Waals surface area (Å²) in [5.41, 5.74) is 7.18. The van der Waals surface area contributed by atoms with E-state index in [0.29, 0.717) is 23.1 Å². The predicted octanol–water partition coefficient (Wildman–Crippen LogP) is 1.90. The van der Waals surface area contributed by atoms with E-state index in [-0.39, 0.29) is 6.79 Å². The molecule has 0 radical (unpaired) electrons. The van der Waals surface area contributed by atoms with E-state index < -0.39 is 5.54 Å². The van der Waals surface area contributed by atoms with Crippen molar-refractivity contribution >= 4 is 11.6 Å². The van der Waals surface area contributed by atoms with Crippen molar-refractivity contribution < 1.29 is 9.47 Å². The number of halogens is 1. The SMILES string of the molecule is CC(C)(N)c1cn(Cc2cc(Cl)c3c(c2)OCO3)nn1. The Labute approximate surface area is 121 Å². The van der Waals surface area contributed by atoms with E-state index in [2.05, 4.69) is 10.3 Å². The summed E-state index contributed by atoms with van der Waals surface area (Å²) in [5.74, 6) is 1.25. The summed E-state index contributed by atoms with van der Waals surface area (Å²) in [6.07, 6.45) is 1.83. The van der Waals surface area contributed by atoms with Crippen LogP contribution in [-0.2, 0) is 12.1 Å². The molecule has 0 spiro atoms. The van der Waals surface area contributed by atoms with Crippen LogP contribution in [0.4, 0.5) is 0 Å². The van der Waals surface area contributed by atoms with Crippen LogP contribution in [0.15, 0.2) is 18.3 Å². The second kappa shape index (κ2) is 4.64. The quantitative estimate of drug-likeness (QED) is 0.936. The van der Waals surface area contributed by atoms with Crippen molar-refractivity contribution in [3.8, 4) is 11.5 Å². The van der Waals surface area contributed by atoms with Gasteiger partial charge in [-0.3, -0.25) is 0 Å². The molecule has 0 saturated carbocycles. The topological polar surface area (TPSA) is 75.2 Å². The van der Waals surface area contributed by atoms with Gasteiger partial charge >= 0.3 is 0 Å². The van der Waals surface area contributed by atoms with Gasteiger partial charge in [-0.05, 0) is 31.5 Å². The highest BCUT2D eigenvalue weighted by atomic mass is 35.5. The molecule has 0 fully saturated rings. The number of rotatable bonds is 3. The van der Waals surface area contributed by atoms with Crippen LogP contribution in [0.25, 0.3) is 0 Å². The Hall–Kier alpha value is -1.79. The maximum Gasteiger partial charge on any atom is 0.231 e. The van der Waals surface area contributed by atoms with E-state index in [1.807, 2.05) is 32.2 Å². The van der Waals surface area contributed by atoms with Crippen molar-refractivity contribution in [2.24, 2.45) is 5.73 Å². The first-order valence-corrected chi connectivity index (χ1v) is 6.59. The van der Waals surface area contributed by atoms with Gasteiger partial charge in [0, 0.05) is 0 Å². The molecule has 0 atom stereocenters. The van der Waals surface area contributed by atoms with E-state index >= 15 is 0 Å². The molecule has 1 aromatic heterocycles. The van der Waals surface area contributed by atoms with Crippen LogP contribution in [0.2, 0.25) is 5.02 Å². The van der Waals surface area contributed by atoms with Gasteiger partial charge < -0.3 is 15.2 Å². The number of hydrogen-bond donors (Lipinski definition) is 1. The van der Waals surface area contributed by atoms with Crippen LogP contribution >= 0.6 is 11.6 Å². The van der Waals surface area contributed by atoms with E-state index in [9.17, 15) is 0 Å².